The Labute approximate surface area is 104 Å². The SMILES string of the molecule is CCNc1cncc(-n2nnc3ccccc32)n1. The fourth-order valence-electron chi connectivity index (χ4n) is 1.76. The van der Waals surface area contributed by atoms with Crippen LogP contribution in [0.1, 0.15) is 6.92 Å². The Morgan fingerprint density at radius 1 is 1.22 bits per heavy atom. The van der Waals surface area contributed by atoms with Gasteiger partial charge < -0.3 is 5.32 Å². The second kappa shape index (κ2) is 4.40. The number of anilines is 1. The van der Waals surface area contributed by atoms with Crippen molar-refractivity contribution in [3.05, 3.63) is 36.7 Å². The molecule has 1 aromatic carbocycles. The summed E-state index contributed by atoms with van der Waals surface area (Å²) in [7, 11) is 0. The average molecular weight is 240 g/mol. The van der Waals surface area contributed by atoms with Gasteiger partial charge >= 0.3 is 0 Å². The summed E-state index contributed by atoms with van der Waals surface area (Å²) in [4.78, 5) is 8.59. The van der Waals surface area contributed by atoms with Gasteiger partial charge in [-0.1, -0.05) is 17.3 Å². The number of nitrogens with zero attached hydrogens (tertiary/aromatic N) is 5. The molecule has 0 spiro atoms. The molecule has 0 saturated heterocycles. The molecule has 0 aliphatic rings. The van der Waals surface area contributed by atoms with Crippen molar-refractivity contribution in [2.75, 3.05) is 11.9 Å². The number of rotatable bonds is 3. The van der Waals surface area contributed by atoms with Gasteiger partial charge in [0.1, 0.15) is 11.3 Å². The van der Waals surface area contributed by atoms with Gasteiger partial charge in [-0.15, -0.1) is 5.10 Å². The number of hydrogen-bond donors (Lipinski definition) is 1. The van der Waals surface area contributed by atoms with Gasteiger partial charge in [0.15, 0.2) is 5.82 Å². The van der Waals surface area contributed by atoms with Crippen LogP contribution in [0.2, 0.25) is 0 Å². The van der Waals surface area contributed by atoms with Crippen LogP contribution in [0.4, 0.5) is 5.82 Å². The molecular weight excluding hydrogens is 228 g/mol. The van der Waals surface area contributed by atoms with Crippen LogP contribution in [-0.2, 0) is 0 Å². The summed E-state index contributed by atoms with van der Waals surface area (Å²) in [5.74, 6) is 1.39. The quantitative estimate of drug-likeness (QED) is 0.753. The van der Waals surface area contributed by atoms with E-state index in [0.29, 0.717) is 5.82 Å². The molecule has 0 amide bonds. The molecule has 0 atom stereocenters. The molecule has 90 valence electrons. The van der Waals surface area contributed by atoms with Crippen LogP contribution in [0, 0.1) is 0 Å². The van der Waals surface area contributed by atoms with Gasteiger partial charge in [-0.2, -0.15) is 4.68 Å². The molecule has 18 heavy (non-hydrogen) atoms. The molecule has 0 aliphatic heterocycles. The maximum Gasteiger partial charge on any atom is 0.176 e. The number of hydrogen-bond acceptors (Lipinski definition) is 5. The summed E-state index contributed by atoms with van der Waals surface area (Å²) < 4.78 is 1.68. The van der Waals surface area contributed by atoms with E-state index in [4.69, 9.17) is 0 Å². The molecule has 1 N–H and O–H groups in total. The minimum atomic E-state index is 0.655. The highest BCUT2D eigenvalue weighted by molar-refractivity contribution is 5.75. The van der Waals surface area contributed by atoms with E-state index in [9.17, 15) is 0 Å². The first kappa shape index (κ1) is 10.6. The lowest BCUT2D eigenvalue weighted by molar-refractivity contribution is 0.796. The number of benzene rings is 1. The first-order valence-electron chi connectivity index (χ1n) is 5.75. The maximum atomic E-state index is 4.44. The molecular formula is C12H12N6. The van der Waals surface area contributed by atoms with E-state index in [1.807, 2.05) is 31.2 Å². The molecule has 0 fully saturated rings. The maximum absolute atomic E-state index is 4.44. The van der Waals surface area contributed by atoms with Gasteiger partial charge in [0, 0.05) is 6.54 Å². The molecule has 3 rings (SSSR count). The summed E-state index contributed by atoms with van der Waals surface area (Å²) in [6.45, 7) is 2.81. The van der Waals surface area contributed by atoms with Crippen LogP contribution in [0.5, 0.6) is 0 Å². The predicted octanol–water partition coefficient (Wildman–Crippen LogP) is 1.64. The van der Waals surface area contributed by atoms with Crippen LogP contribution >= 0.6 is 0 Å². The van der Waals surface area contributed by atoms with E-state index in [2.05, 4.69) is 25.6 Å². The van der Waals surface area contributed by atoms with Gasteiger partial charge in [-0.05, 0) is 19.1 Å². The highest BCUT2D eigenvalue weighted by Crippen LogP contribution is 2.14. The molecule has 3 aromatic rings. The first-order chi connectivity index (χ1) is 8.88. The number of fused-ring (bicyclic) bond motifs is 1. The van der Waals surface area contributed by atoms with Gasteiger partial charge in [-0.25, -0.2) is 4.98 Å². The fraction of sp³-hybridized carbons (Fsp3) is 0.167. The average Bonchev–Trinajstić information content (AvgIpc) is 2.83. The zero-order valence-electron chi connectivity index (χ0n) is 9.91. The number of nitrogens with one attached hydrogen (secondary N) is 1. The second-order valence-corrected chi connectivity index (χ2v) is 3.78. The summed E-state index contributed by atoms with van der Waals surface area (Å²) in [6, 6.07) is 7.75. The molecule has 6 heteroatoms. The van der Waals surface area contributed by atoms with Crippen molar-refractivity contribution in [1.29, 1.82) is 0 Å². The van der Waals surface area contributed by atoms with E-state index in [1.165, 1.54) is 0 Å². The van der Waals surface area contributed by atoms with E-state index in [0.717, 1.165) is 23.4 Å². The Kier molecular flexibility index (Phi) is 2.60. The Bertz CT molecular complexity index is 675. The van der Waals surface area contributed by atoms with E-state index in [1.54, 1.807) is 17.1 Å². The summed E-state index contributed by atoms with van der Waals surface area (Å²) >= 11 is 0. The summed E-state index contributed by atoms with van der Waals surface area (Å²) in [6.07, 6.45) is 3.36. The van der Waals surface area contributed by atoms with Crippen molar-refractivity contribution in [2.24, 2.45) is 0 Å². The standard InChI is InChI=1S/C12H12N6/c1-2-14-11-7-13-8-12(15-11)18-10-6-4-3-5-9(10)16-17-18/h3-8H,2H2,1H3,(H,14,15). The molecule has 0 saturated carbocycles. The Morgan fingerprint density at radius 2 is 2.11 bits per heavy atom. The smallest absolute Gasteiger partial charge is 0.176 e. The van der Waals surface area contributed by atoms with Crippen molar-refractivity contribution < 1.29 is 0 Å². The van der Waals surface area contributed by atoms with Crippen molar-refractivity contribution in [3.8, 4) is 5.82 Å². The van der Waals surface area contributed by atoms with Crippen LogP contribution in [-0.4, -0.2) is 31.5 Å². The molecule has 2 aromatic heterocycles. The van der Waals surface area contributed by atoms with Crippen LogP contribution in [0.25, 0.3) is 16.9 Å². The van der Waals surface area contributed by atoms with Crippen molar-refractivity contribution >= 4 is 16.9 Å². The third-order valence-corrected chi connectivity index (χ3v) is 2.55. The zero-order valence-corrected chi connectivity index (χ0v) is 9.91. The number of aromatic nitrogens is 5. The topological polar surface area (TPSA) is 68.5 Å². The minimum absolute atomic E-state index is 0.655. The highest BCUT2D eigenvalue weighted by atomic mass is 15.4. The lowest BCUT2D eigenvalue weighted by Gasteiger charge is -2.04. The molecule has 0 radical (unpaired) electrons. The predicted molar refractivity (Wildman–Crippen MR) is 68.6 cm³/mol. The van der Waals surface area contributed by atoms with E-state index in [-0.39, 0.29) is 0 Å². The first-order valence-corrected chi connectivity index (χ1v) is 5.75. The fourth-order valence-corrected chi connectivity index (χ4v) is 1.76. The highest BCUT2D eigenvalue weighted by Gasteiger charge is 2.07. The lowest BCUT2D eigenvalue weighted by atomic mass is 10.3. The van der Waals surface area contributed by atoms with Crippen LogP contribution in [0.15, 0.2) is 36.7 Å². The molecule has 0 unspecified atom stereocenters. The Morgan fingerprint density at radius 3 is 3.00 bits per heavy atom. The Hall–Kier alpha value is -2.50. The van der Waals surface area contributed by atoms with Gasteiger partial charge in [0.2, 0.25) is 0 Å². The third kappa shape index (κ3) is 1.77. The van der Waals surface area contributed by atoms with Gasteiger partial charge in [-0.3, -0.25) is 4.98 Å². The van der Waals surface area contributed by atoms with Crippen molar-refractivity contribution in [1.82, 2.24) is 25.0 Å². The van der Waals surface area contributed by atoms with Crippen LogP contribution in [0.3, 0.4) is 0 Å². The molecule has 0 aliphatic carbocycles. The molecule has 6 nitrogen and oxygen atoms in total. The van der Waals surface area contributed by atoms with E-state index < -0.39 is 0 Å². The monoisotopic (exact) mass is 240 g/mol. The van der Waals surface area contributed by atoms with Crippen LogP contribution < -0.4 is 5.32 Å². The third-order valence-electron chi connectivity index (χ3n) is 2.55. The normalized spacial score (nSPS) is 10.7. The van der Waals surface area contributed by atoms with Crippen molar-refractivity contribution in [3.63, 3.8) is 0 Å². The second-order valence-electron chi connectivity index (χ2n) is 3.78. The van der Waals surface area contributed by atoms with Gasteiger partial charge in [0.25, 0.3) is 0 Å². The largest absolute Gasteiger partial charge is 0.369 e. The van der Waals surface area contributed by atoms with E-state index >= 15 is 0 Å². The summed E-state index contributed by atoms with van der Waals surface area (Å²) in [5, 5.41) is 11.3. The zero-order chi connectivity index (χ0) is 12.4. The Balaban J connectivity index is 2.11. The molecule has 2 heterocycles. The minimum Gasteiger partial charge on any atom is -0.369 e. The van der Waals surface area contributed by atoms with Crippen molar-refractivity contribution in [2.45, 2.75) is 6.92 Å². The number of para-hydroxylation sites is 1. The summed E-state index contributed by atoms with van der Waals surface area (Å²) in [5.41, 5.74) is 1.76. The lowest BCUT2D eigenvalue weighted by Crippen LogP contribution is -2.05. The van der Waals surface area contributed by atoms with Gasteiger partial charge in [0.05, 0.1) is 17.9 Å². The molecule has 0 bridgehead atoms.